The molecular weight excluding hydrogens is 454 g/mol. The van der Waals surface area contributed by atoms with E-state index in [0.29, 0.717) is 57.0 Å². The maximum Gasteiger partial charge on any atom is 0.325 e. The molecule has 0 aliphatic carbocycles. The fourth-order valence-electron chi connectivity index (χ4n) is 2.70. The van der Waals surface area contributed by atoms with Crippen LogP contribution in [-0.2, 0) is 19.0 Å². The number of benzene rings is 1. The average Bonchev–Trinajstić information content (AvgIpc) is 2.88. The Balaban J connectivity index is 1.61. The summed E-state index contributed by atoms with van der Waals surface area (Å²) in [7, 11) is 1.32. The molecule has 0 aliphatic heterocycles. The van der Waals surface area contributed by atoms with Crippen molar-refractivity contribution in [3.8, 4) is 0 Å². The highest BCUT2D eigenvalue weighted by molar-refractivity contribution is 5.94. The summed E-state index contributed by atoms with van der Waals surface area (Å²) in [5, 5.41) is 11.9. The Labute approximate surface area is 205 Å². The fraction of sp³-hybridized carbons (Fsp3) is 0.522. The van der Waals surface area contributed by atoms with Crippen LogP contribution in [0, 0.1) is 0 Å². The SMILES string of the molecule is CCCCNc1nc(NCCOCCOCCNC(=O)c2ccccc2)nc(NCC(=O)OC)n1. The van der Waals surface area contributed by atoms with Gasteiger partial charge in [-0.1, -0.05) is 31.5 Å². The van der Waals surface area contributed by atoms with Crippen molar-refractivity contribution in [3.63, 3.8) is 0 Å². The van der Waals surface area contributed by atoms with Crippen molar-refractivity contribution in [1.82, 2.24) is 20.3 Å². The normalized spacial score (nSPS) is 10.5. The molecule has 0 unspecified atom stereocenters. The summed E-state index contributed by atoms with van der Waals surface area (Å²) >= 11 is 0. The summed E-state index contributed by atoms with van der Waals surface area (Å²) < 4.78 is 15.6. The van der Waals surface area contributed by atoms with Gasteiger partial charge in [0.2, 0.25) is 17.8 Å². The van der Waals surface area contributed by atoms with Gasteiger partial charge in [-0.3, -0.25) is 9.59 Å². The largest absolute Gasteiger partial charge is 0.468 e. The Bertz CT molecular complexity index is 886. The number of unbranched alkanes of at least 4 members (excludes halogenated alkanes) is 1. The van der Waals surface area contributed by atoms with E-state index < -0.39 is 5.97 Å². The van der Waals surface area contributed by atoms with Crippen LogP contribution in [0.3, 0.4) is 0 Å². The summed E-state index contributed by atoms with van der Waals surface area (Å²) in [5.74, 6) is 0.495. The predicted molar refractivity (Wildman–Crippen MR) is 133 cm³/mol. The van der Waals surface area contributed by atoms with Crippen LogP contribution in [-0.4, -0.2) is 86.5 Å². The molecule has 2 rings (SSSR count). The molecule has 12 heteroatoms. The van der Waals surface area contributed by atoms with Gasteiger partial charge >= 0.3 is 5.97 Å². The second-order valence-electron chi connectivity index (χ2n) is 7.29. The van der Waals surface area contributed by atoms with E-state index in [1.807, 2.05) is 18.2 Å². The van der Waals surface area contributed by atoms with Crippen molar-refractivity contribution >= 4 is 29.7 Å². The molecule has 35 heavy (non-hydrogen) atoms. The van der Waals surface area contributed by atoms with Gasteiger partial charge < -0.3 is 35.5 Å². The smallest absolute Gasteiger partial charge is 0.325 e. The van der Waals surface area contributed by atoms with E-state index in [0.717, 1.165) is 19.4 Å². The molecule has 192 valence electrons. The zero-order valence-electron chi connectivity index (χ0n) is 20.3. The molecule has 2 aromatic rings. The molecule has 1 aromatic heterocycles. The second kappa shape index (κ2) is 17.0. The van der Waals surface area contributed by atoms with Gasteiger partial charge in [-0.2, -0.15) is 15.0 Å². The van der Waals surface area contributed by atoms with Crippen molar-refractivity contribution in [2.24, 2.45) is 0 Å². The summed E-state index contributed by atoms with van der Waals surface area (Å²) in [6.45, 7) is 5.34. The van der Waals surface area contributed by atoms with Crippen LogP contribution in [0.4, 0.5) is 17.8 Å². The standard InChI is InChI=1S/C23H35N7O5/c1-3-4-10-25-21-28-22(30-23(29-21)27-17-19(31)33-2)26-12-14-35-16-15-34-13-11-24-20(32)18-8-6-5-7-9-18/h5-9H,3-4,10-17H2,1-2H3,(H,24,32)(H3,25,26,27,28,29,30). The minimum atomic E-state index is -0.422. The van der Waals surface area contributed by atoms with E-state index in [9.17, 15) is 9.59 Å². The molecule has 0 aliphatic rings. The van der Waals surface area contributed by atoms with E-state index in [2.05, 4.69) is 47.9 Å². The maximum atomic E-state index is 11.9. The molecular formula is C23H35N7O5. The molecule has 0 saturated carbocycles. The van der Waals surface area contributed by atoms with Crippen LogP contribution in [0.1, 0.15) is 30.1 Å². The zero-order chi connectivity index (χ0) is 25.1. The Morgan fingerprint density at radius 3 is 2.03 bits per heavy atom. The number of ether oxygens (including phenoxy) is 3. The van der Waals surface area contributed by atoms with Crippen molar-refractivity contribution in [1.29, 1.82) is 0 Å². The number of hydrogen-bond donors (Lipinski definition) is 4. The first-order chi connectivity index (χ1) is 17.1. The third-order valence-corrected chi connectivity index (χ3v) is 4.54. The van der Waals surface area contributed by atoms with Gasteiger partial charge in [0.25, 0.3) is 5.91 Å². The molecule has 0 spiro atoms. The van der Waals surface area contributed by atoms with Gasteiger partial charge in [-0.05, 0) is 18.6 Å². The van der Waals surface area contributed by atoms with Crippen LogP contribution in [0.15, 0.2) is 30.3 Å². The van der Waals surface area contributed by atoms with Gasteiger partial charge in [-0.15, -0.1) is 0 Å². The highest BCUT2D eigenvalue weighted by Gasteiger charge is 2.08. The minimum absolute atomic E-state index is 0.0482. The first-order valence-corrected chi connectivity index (χ1v) is 11.7. The molecule has 4 N–H and O–H groups in total. The second-order valence-corrected chi connectivity index (χ2v) is 7.29. The van der Waals surface area contributed by atoms with Crippen molar-refractivity contribution in [3.05, 3.63) is 35.9 Å². The Morgan fingerprint density at radius 2 is 1.40 bits per heavy atom. The topological polar surface area (TPSA) is 149 Å². The molecule has 0 atom stereocenters. The maximum absolute atomic E-state index is 11.9. The number of rotatable bonds is 18. The fourth-order valence-corrected chi connectivity index (χ4v) is 2.70. The lowest BCUT2D eigenvalue weighted by molar-refractivity contribution is -0.138. The van der Waals surface area contributed by atoms with Crippen LogP contribution in [0.2, 0.25) is 0 Å². The number of carbonyl (C=O) groups is 2. The van der Waals surface area contributed by atoms with Crippen LogP contribution in [0.25, 0.3) is 0 Å². The predicted octanol–water partition coefficient (Wildman–Crippen LogP) is 1.54. The molecule has 12 nitrogen and oxygen atoms in total. The number of esters is 1. The van der Waals surface area contributed by atoms with E-state index in [-0.39, 0.29) is 18.4 Å². The lowest BCUT2D eigenvalue weighted by Crippen LogP contribution is -2.27. The zero-order valence-corrected chi connectivity index (χ0v) is 20.3. The van der Waals surface area contributed by atoms with Gasteiger partial charge in [0.05, 0.1) is 33.5 Å². The molecule has 0 radical (unpaired) electrons. The molecule has 1 amide bonds. The third-order valence-electron chi connectivity index (χ3n) is 4.54. The number of anilines is 3. The van der Waals surface area contributed by atoms with Gasteiger partial charge in [-0.25, -0.2) is 0 Å². The van der Waals surface area contributed by atoms with Gasteiger partial charge in [0.15, 0.2) is 0 Å². The van der Waals surface area contributed by atoms with Crippen molar-refractivity contribution in [2.75, 3.05) is 75.7 Å². The number of nitrogens with zero attached hydrogens (tertiary/aromatic N) is 3. The Hall–Kier alpha value is -3.51. The third kappa shape index (κ3) is 12.0. The number of aromatic nitrogens is 3. The molecule has 0 bridgehead atoms. The summed E-state index contributed by atoms with van der Waals surface area (Å²) in [6.07, 6.45) is 2.02. The van der Waals surface area contributed by atoms with E-state index in [1.165, 1.54) is 7.11 Å². The van der Waals surface area contributed by atoms with Crippen LogP contribution < -0.4 is 21.3 Å². The van der Waals surface area contributed by atoms with Gasteiger partial charge in [0.1, 0.15) is 6.54 Å². The number of hydrogen-bond acceptors (Lipinski definition) is 11. The Morgan fingerprint density at radius 1 is 0.800 bits per heavy atom. The molecule has 1 heterocycles. The molecule has 1 aromatic carbocycles. The minimum Gasteiger partial charge on any atom is -0.468 e. The number of methoxy groups -OCH3 is 1. The van der Waals surface area contributed by atoms with E-state index in [1.54, 1.807) is 12.1 Å². The molecule has 0 fully saturated rings. The highest BCUT2D eigenvalue weighted by atomic mass is 16.5. The highest BCUT2D eigenvalue weighted by Crippen LogP contribution is 2.09. The summed E-state index contributed by atoms with van der Waals surface area (Å²) in [4.78, 5) is 36.2. The average molecular weight is 490 g/mol. The van der Waals surface area contributed by atoms with Crippen molar-refractivity contribution < 1.29 is 23.8 Å². The lowest BCUT2D eigenvalue weighted by Gasteiger charge is -2.11. The summed E-state index contributed by atoms with van der Waals surface area (Å²) in [5.41, 5.74) is 0.622. The Kier molecular flexibility index (Phi) is 13.5. The number of carbonyl (C=O) groups excluding carboxylic acids is 2. The van der Waals surface area contributed by atoms with Gasteiger partial charge in [0, 0.05) is 25.2 Å². The first-order valence-electron chi connectivity index (χ1n) is 11.7. The quantitative estimate of drug-likeness (QED) is 0.178. The number of amides is 1. The monoisotopic (exact) mass is 489 g/mol. The van der Waals surface area contributed by atoms with Crippen LogP contribution >= 0.6 is 0 Å². The van der Waals surface area contributed by atoms with Crippen molar-refractivity contribution in [2.45, 2.75) is 19.8 Å². The summed E-state index contributed by atoms with van der Waals surface area (Å²) in [6, 6.07) is 9.04. The number of nitrogens with one attached hydrogen (secondary N) is 4. The lowest BCUT2D eigenvalue weighted by atomic mass is 10.2. The van der Waals surface area contributed by atoms with Crippen LogP contribution in [0.5, 0.6) is 0 Å². The first kappa shape index (κ1) is 27.7. The molecule has 0 saturated heterocycles. The van der Waals surface area contributed by atoms with E-state index in [4.69, 9.17) is 9.47 Å². The van der Waals surface area contributed by atoms with E-state index >= 15 is 0 Å².